The molecule has 30 heavy (non-hydrogen) atoms. The van der Waals surface area contributed by atoms with Crippen molar-refractivity contribution in [3.05, 3.63) is 101 Å². The van der Waals surface area contributed by atoms with Gasteiger partial charge in [-0.1, -0.05) is 67.1 Å². The number of ether oxygens (including phenoxy) is 1. The van der Waals surface area contributed by atoms with Crippen LogP contribution in [0.25, 0.3) is 0 Å². The summed E-state index contributed by atoms with van der Waals surface area (Å²) in [6.45, 7) is 1.74. The maximum Gasteiger partial charge on any atom is 0.339 e. The zero-order valence-electron chi connectivity index (χ0n) is 16.3. The first-order valence-corrected chi connectivity index (χ1v) is 9.81. The lowest BCUT2D eigenvalue weighted by molar-refractivity contribution is -0.115. The molecule has 6 heteroatoms. The van der Waals surface area contributed by atoms with Crippen LogP contribution < -0.4 is 5.32 Å². The number of benzene rings is 3. The van der Waals surface area contributed by atoms with E-state index in [4.69, 9.17) is 16.3 Å². The van der Waals surface area contributed by atoms with E-state index < -0.39 is 12.1 Å². The van der Waals surface area contributed by atoms with Crippen molar-refractivity contribution < 1.29 is 19.1 Å². The normalized spacial score (nSPS) is 11.4. The molecular formula is C24H20ClNO4. The summed E-state index contributed by atoms with van der Waals surface area (Å²) in [6, 6.07) is 21.6. The van der Waals surface area contributed by atoms with Crippen LogP contribution in [0.3, 0.4) is 0 Å². The number of carbonyl (C=O) groups excluding carboxylic acids is 3. The molecule has 3 aromatic carbocycles. The third-order valence-electron chi connectivity index (χ3n) is 4.40. The minimum absolute atomic E-state index is 0.168. The van der Waals surface area contributed by atoms with E-state index in [-0.39, 0.29) is 17.3 Å². The lowest BCUT2D eigenvalue weighted by Crippen LogP contribution is -2.20. The first-order chi connectivity index (χ1) is 14.5. The average Bonchev–Trinajstić information content (AvgIpc) is 2.78. The molecule has 0 aliphatic heterocycles. The van der Waals surface area contributed by atoms with Crippen LogP contribution in [0.1, 0.15) is 45.7 Å². The Hall–Kier alpha value is -3.44. The summed E-state index contributed by atoms with van der Waals surface area (Å²) in [5, 5.41) is 3.21. The molecule has 1 amide bonds. The smallest absolute Gasteiger partial charge is 0.339 e. The predicted octanol–water partition coefficient (Wildman–Crippen LogP) is 5.47. The minimum Gasteiger partial charge on any atom is -0.445 e. The highest BCUT2D eigenvalue weighted by molar-refractivity contribution is 6.30. The van der Waals surface area contributed by atoms with E-state index in [9.17, 15) is 14.4 Å². The van der Waals surface area contributed by atoms with Gasteiger partial charge in [-0.25, -0.2) is 4.79 Å². The van der Waals surface area contributed by atoms with Gasteiger partial charge in [0.15, 0.2) is 6.10 Å². The van der Waals surface area contributed by atoms with E-state index in [1.54, 1.807) is 79.7 Å². The SMILES string of the molecule is CCC(=O)Nc1cccc(C(=O)O[C@H](C(=O)c2ccccc2)c2ccc(Cl)cc2)c1. The largest absolute Gasteiger partial charge is 0.445 e. The van der Waals surface area contributed by atoms with Crippen molar-refractivity contribution in [3.63, 3.8) is 0 Å². The fourth-order valence-corrected chi connectivity index (χ4v) is 2.94. The van der Waals surface area contributed by atoms with Gasteiger partial charge in [-0.3, -0.25) is 9.59 Å². The molecule has 152 valence electrons. The first kappa shape index (κ1) is 21.3. The number of hydrogen-bond acceptors (Lipinski definition) is 4. The van der Waals surface area contributed by atoms with Crippen LogP contribution >= 0.6 is 11.6 Å². The van der Waals surface area contributed by atoms with Gasteiger partial charge in [0.05, 0.1) is 5.56 Å². The summed E-state index contributed by atoms with van der Waals surface area (Å²) in [6.07, 6.45) is -0.815. The van der Waals surface area contributed by atoms with Crippen molar-refractivity contribution in [1.82, 2.24) is 0 Å². The number of carbonyl (C=O) groups is 3. The molecule has 0 spiro atoms. The molecule has 0 saturated heterocycles. The van der Waals surface area contributed by atoms with Gasteiger partial charge in [0, 0.05) is 28.3 Å². The number of hydrogen-bond donors (Lipinski definition) is 1. The molecule has 0 saturated carbocycles. The monoisotopic (exact) mass is 421 g/mol. The zero-order chi connectivity index (χ0) is 21.5. The van der Waals surface area contributed by atoms with E-state index in [1.165, 1.54) is 6.07 Å². The molecule has 0 unspecified atom stereocenters. The van der Waals surface area contributed by atoms with E-state index in [0.717, 1.165) is 0 Å². The Kier molecular flexibility index (Phi) is 6.99. The van der Waals surface area contributed by atoms with Gasteiger partial charge in [-0.2, -0.15) is 0 Å². The molecule has 0 aromatic heterocycles. The highest BCUT2D eigenvalue weighted by atomic mass is 35.5. The summed E-state index contributed by atoms with van der Waals surface area (Å²) in [5.74, 6) is -1.19. The number of rotatable bonds is 7. The van der Waals surface area contributed by atoms with Crippen LogP contribution in [0.2, 0.25) is 5.02 Å². The Bertz CT molecular complexity index is 1050. The Morgan fingerprint density at radius 2 is 1.57 bits per heavy atom. The maximum atomic E-state index is 13.1. The van der Waals surface area contributed by atoms with Crippen molar-refractivity contribution in [2.45, 2.75) is 19.4 Å². The second-order valence-corrected chi connectivity index (χ2v) is 6.99. The molecular weight excluding hydrogens is 402 g/mol. The Morgan fingerprint density at radius 3 is 2.23 bits per heavy atom. The van der Waals surface area contributed by atoms with E-state index in [2.05, 4.69) is 5.32 Å². The van der Waals surface area contributed by atoms with Crippen molar-refractivity contribution in [2.75, 3.05) is 5.32 Å². The van der Waals surface area contributed by atoms with Gasteiger partial charge in [0.2, 0.25) is 11.7 Å². The highest BCUT2D eigenvalue weighted by Gasteiger charge is 2.27. The summed E-state index contributed by atoms with van der Waals surface area (Å²) >= 11 is 5.96. The van der Waals surface area contributed by atoms with E-state index in [1.807, 2.05) is 0 Å². The minimum atomic E-state index is -1.13. The van der Waals surface area contributed by atoms with Crippen molar-refractivity contribution in [3.8, 4) is 0 Å². The zero-order valence-corrected chi connectivity index (χ0v) is 17.1. The quantitative estimate of drug-likeness (QED) is 0.405. The third kappa shape index (κ3) is 5.33. The number of esters is 1. The molecule has 0 radical (unpaired) electrons. The van der Waals surface area contributed by atoms with Gasteiger partial charge in [-0.05, 0) is 30.3 Å². The molecule has 3 aromatic rings. The predicted molar refractivity (Wildman–Crippen MR) is 116 cm³/mol. The molecule has 1 N–H and O–H groups in total. The van der Waals surface area contributed by atoms with Gasteiger partial charge in [0.25, 0.3) is 0 Å². The van der Waals surface area contributed by atoms with E-state index >= 15 is 0 Å². The van der Waals surface area contributed by atoms with Crippen LogP contribution in [-0.2, 0) is 9.53 Å². The van der Waals surface area contributed by atoms with Crippen LogP contribution in [0.4, 0.5) is 5.69 Å². The molecule has 0 bridgehead atoms. The Labute approximate surface area is 179 Å². The van der Waals surface area contributed by atoms with Crippen molar-refractivity contribution in [2.24, 2.45) is 0 Å². The summed E-state index contributed by atoms with van der Waals surface area (Å²) < 4.78 is 5.62. The topological polar surface area (TPSA) is 72.5 Å². The number of anilines is 1. The standard InChI is InChI=1S/C24H20ClNO4/c1-2-21(27)26-20-10-6-9-18(15-20)24(29)30-23(17-11-13-19(25)14-12-17)22(28)16-7-4-3-5-8-16/h3-15,23H,2H2,1H3,(H,26,27)/t23-/m0/s1. The summed E-state index contributed by atoms with van der Waals surface area (Å²) in [5.41, 5.74) is 1.64. The first-order valence-electron chi connectivity index (χ1n) is 9.43. The lowest BCUT2D eigenvalue weighted by atomic mass is 9.99. The van der Waals surface area contributed by atoms with Crippen molar-refractivity contribution >= 4 is 34.9 Å². The Morgan fingerprint density at radius 1 is 0.900 bits per heavy atom. The number of Topliss-reactive ketones (excluding diaryl/α,β-unsaturated/α-hetero) is 1. The molecule has 0 aliphatic rings. The van der Waals surface area contributed by atoms with E-state index in [0.29, 0.717) is 28.3 Å². The van der Waals surface area contributed by atoms with Gasteiger partial charge < -0.3 is 10.1 Å². The summed E-state index contributed by atoms with van der Waals surface area (Å²) in [4.78, 5) is 37.5. The number of amides is 1. The molecule has 0 aliphatic carbocycles. The fourth-order valence-electron chi connectivity index (χ4n) is 2.81. The molecule has 1 atom stereocenters. The summed E-state index contributed by atoms with van der Waals surface area (Å²) in [7, 11) is 0. The molecule has 0 fully saturated rings. The number of ketones is 1. The van der Waals surface area contributed by atoms with Crippen LogP contribution in [0, 0.1) is 0 Å². The van der Waals surface area contributed by atoms with Gasteiger partial charge >= 0.3 is 5.97 Å². The third-order valence-corrected chi connectivity index (χ3v) is 4.65. The highest BCUT2D eigenvalue weighted by Crippen LogP contribution is 2.26. The Balaban J connectivity index is 1.88. The number of halogens is 1. The maximum absolute atomic E-state index is 13.1. The number of nitrogens with one attached hydrogen (secondary N) is 1. The van der Waals surface area contributed by atoms with Gasteiger partial charge in [0.1, 0.15) is 0 Å². The average molecular weight is 422 g/mol. The molecule has 5 nitrogen and oxygen atoms in total. The lowest BCUT2D eigenvalue weighted by Gasteiger charge is -2.18. The molecule has 3 rings (SSSR count). The van der Waals surface area contributed by atoms with Gasteiger partial charge in [-0.15, -0.1) is 0 Å². The van der Waals surface area contributed by atoms with Crippen molar-refractivity contribution in [1.29, 1.82) is 0 Å². The second kappa shape index (κ2) is 9.85. The van der Waals surface area contributed by atoms with Crippen LogP contribution in [-0.4, -0.2) is 17.7 Å². The van der Waals surface area contributed by atoms with Crippen LogP contribution in [0.5, 0.6) is 0 Å². The van der Waals surface area contributed by atoms with Crippen LogP contribution in [0.15, 0.2) is 78.9 Å². The molecule has 0 heterocycles. The second-order valence-electron chi connectivity index (χ2n) is 6.55. The fraction of sp³-hybridized carbons (Fsp3) is 0.125.